The molecule has 0 bridgehead atoms. The highest BCUT2D eigenvalue weighted by Crippen LogP contribution is 2.36. The van der Waals surface area contributed by atoms with Crippen LogP contribution >= 0.6 is 11.3 Å². The molecule has 1 aromatic heterocycles. The Balaban J connectivity index is 2.45. The van der Waals surface area contributed by atoms with Crippen molar-refractivity contribution in [1.29, 1.82) is 0 Å². The summed E-state index contributed by atoms with van der Waals surface area (Å²) in [6.45, 7) is 3.50. The van der Waals surface area contributed by atoms with Crippen LogP contribution in [0.15, 0.2) is 39.9 Å². The topological polar surface area (TPSA) is 81.7 Å². The van der Waals surface area contributed by atoms with Crippen LogP contribution in [0.4, 0.5) is 0 Å². The first-order valence-corrected chi connectivity index (χ1v) is 10.5. The first-order chi connectivity index (χ1) is 12.3. The Labute approximate surface area is 158 Å². The van der Waals surface area contributed by atoms with Crippen LogP contribution in [0.2, 0.25) is 0 Å². The predicted octanol–water partition coefficient (Wildman–Crippen LogP) is 3.05. The number of methoxy groups -OCH3 is 2. The smallest absolute Gasteiger partial charge is 0.222 e. The van der Waals surface area contributed by atoms with E-state index in [1.165, 1.54) is 14.2 Å². The van der Waals surface area contributed by atoms with Crippen LogP contribution in [-0.2, 0) is 14.6 Å². The zero-order valence-electron chi connectivity index (χ0n) is 15.2. The lowest BCUT2D eigenvalue weighted by Crippen LogP contribution is -2.34. The zero-order valence-corrected chi connectivity index (χ0v) is 16.8. The van der Waals surface area contributed by atoms with Gasteiger partial charge in [-0.15, -0.1) is 11.3 Å². The standard InChI is InChI=1S/C18H23NO5S2/c1-12(2)18(20)19-11-16(26(21,22)17-6-5-9-25-17)13-7-8-14(23-3)15(10-13)24-4/h5-10,12,16H,11H2,1-4H3,(H,19,20)/t16-/m0/s1. The molecular weight excluding hydrogens is 374 g/mol. The number of carbonyl (C=O) groups excluding carboxylic acids is 1. The van der Waals surface area contributed by atoms with Crippen molar-refractivity contribution in [3.63, 3.8) is 0 Å². The Morgan fingerprint density at radius 3 is 2.38 bits per heavy atom. The molecule has 8 heteroatoms. The molecule has 26 heavy (non-hydrogen) atoms. The summed E-state index contributed by atoms with van der Waals surface area (Å²) in [5.74, 6) is 0.517. The molecule has 0 radical (unpaired) electrons. The molecule has 0 aliphatic heterocycles. The molecule has 0 spiro atoms. The number of benzene rings is 1. The second-order valence-corrected chi connectivity index (χ2v) is 9.29. The van der Waals surface area contributed by atoms with Crippen molar-refractivity contribution in [1.82, 2.24) is 5.32 Å². The Bertz CT molecular complexity index is 844. The van der Waals surface area contributed by atoms with Gasteiger partial charge in [0.25, 0.3) is 0 Å². The SMILES string of the molecule is COc1ccc([C@H](CNC(=O)C(C)C)S(=O)(=O)c2cccs2)cc1OC. The van der Waals surface area contributed by atoms with Gasteiger partial charge in [0.15, 0.2) is 21.3 Å². The van der Waals surface area contributed by atoms with E-state index >= 15 is 0 Å². The molecule has 2 rings (SSSR count). The average molecular weight is 398 g/mol. The number of sulfone groups is 1. The zero-order chi connectivity index (χ0) is 19.3. The van der Waals surface area contributed by atoms with E-state index < -0.39 is 15.1 Å². The number of hydrogen-bond acceptors (Lipinski definition) is 6. The molecule has 1 atom stereocenters. The Morgan fingerprint density at radius 2 is 1.85 bits per heavy atom. The number of nitrogens with one attached hydrogen (secondary N) is 1. The maximum Gasteiger partial charge on any atom is 0.222 e. The summed E-state index contributed by atoms with van der Waals surface area (Å²) in [5, 5.41) is 3.52. The number of rotatable bonds is 8. The number of thiophene rings is 1. The number of ether oxygens (including phenoxy) is 2. The van der Waals surface area contributed by atoms with Crippen LogP contribution in [0, 0.1) is 5.92 Å². The van der Waals surface area contributed by atoms with E-state index in [9.17, 15) is 13.2 Å². The Kier molecular flexibility index (Phi) is 6.66. The van der Waals surface area contributed by atoms with Crippen LogP contribution < -0.4 is 14.8 Å². The van der Waals surface area contributed by atoms with Gasteiger partial charge in [0, 0.05) is 12.5 Å². The van der Waals surface area contributed by atoms with Crippen LogP contribution in [0.5, 0.6) is 11.5 Å². The van der Waals surface area contributed by atoms with Crippen LogP contribution in [0.25, 0.3) is 0 Å². The molecule has 6 nitrogen and oxygen atoms in total. The lowest BCUT2D eigenvalue weighted by atomic mass is 10.1. The summed E-state index contributed by atoms with van der Waals surface area (Å²) >= 11 is 1.15. The van der Waals surface area contributed by atoms with E-state index in [1.54, 1.807) is 49.6 Å². The minimum Gasteiger partial charge on any atom is -0.493 e. The van der Waals surface area contributed by atoms with Gasteiger partial charge in [0.05, 0.1) is 14.2 Å². The fourth-order valence-electron chi connectivity index (χ4n) is 2.42. The molecular formula is C18H23NO5S2. The van der Waals surface area contributed by atoms with Gasteiger partial charge in [-0.2, -0.15) is 0 Å². The quantitative estimate of drug-likeness (QED) is 0.740. The predicted molar refractivity (Wildman–Crippen MR) is 102 cm³/mol. The molecule has 1 N–H and O–H groups in total. The molecule has 0 aliphatic carbocycles. The highest BCUT2D eigenvalue weighted by atomic mass is 32.2. The fourth-order valence-corrected chi connectivity index (χ4v) is 5.28. The van der Waals surface area contributed by atoms with Gasteiger partial charge in [-0.05, 0) is 29.1 Å². The summed E-state index contributed by atoms with van der Waals surface area (Å²) in [6, 6.07) is 8.23. The average Bonchev–Trinajstić information content (AvgIpc) is 3.16. The fraction of sp³-hybridized carbons (Fsp3) is 0.389. The second-order valence-electron chi connectivity index (χ2n) is 5.98. The maximum atomic E-state index is 13.1. The highest BCUT2D eigenvalue weighted by molar-refractivity contribution is 7.93. The molecule has 0 saturated carbocycles. The maximum absolute atomic E-state index is 13.1. The van der Waals surface area contributed by atoms with E-state index in [2.05, 4.69) is 5.32 Å². The van der Waals surface area contributed by atoms with Crippen molar-refractivity contribution in [3.05, 3.63) is 41.3 Å². The van der Waals surface area contributed by atoms with Gasteiger partial charge in [0.2, 0.25) is 5.91 Å². The van der Waals surface area contributed by atoms with Gasteiger partial charge in [0.1, 0.15) is 9.46 Å². The number of amides is 1. The molecule has 0 aliphatic rings. The molecule has 0 unspecified atom stereocenters. The van der Waals surface area contributed by atoms with Gasteiger partial charge in [-0.1, -0.05) is 26.0 Å². The van der Waals surface area contributed by atoms with Gasteiger partial charge < -0.3 is 14.8 Å². The molecule has 1 heterocycles. The molecule has 142 valence electrons. The monoisotopic (exact) mass is 397 g/mol. The third kappa shape index (κ3) is 4.37. The van der Waals surface area contributed by atoms with Gasteiger partial charge in [-0.3, -0.25) is 4.79 Å². The van der Waals surface area contributed by atoms with Crippen molar-refractivity contribution in [3.8, 4) is 11.5 Å². The minimum absolute atomic E-state index is 0.0211. The lowest BCUT2D eigenvalue weighted by molar-refractivity contribution is -0.123. The van der Waals surface area contributed by atoms with E-state index in [0.717, 1.165) is 11.3 Å². The summed E-state index contributed by atoms with van der Waals surface area (Å²) < 4.78 is 37.0. The normalized spacial score (nSPS) is 12.7. The van der Waals surface area contributed by atoms with Crippen molar-refractivity contribution < 1.29 is 22.7 Å². The molecule has 1 amide bonds. The number of carbonyl (C=O) groups is 1. The highest BCUT2D eigenvalue weighted by Gasteiger charge is 2.31. The molecule has 2 aromatic rings. The van der Waals surface area contributed by atoms with Crippen LogP contribution in [0.3, 0.4) is 0 Å². The first-order valence-electron chi connectivity index (χ1n) is 8.08. The van der Waals surface area contributed by atoms with Gasteiger partial charge >= 0.3 is 0 Å². The van der Waals surface area contributed by atoms with E-state index in [1.807, 2.05) is 0 Å². The van der Waals surface area contributed by atoms with E-state index in [0.29, 0.717) is 17.1 Å². The summed E-state index contributed by atoms with van der Waals surface area (Å²) in [4.78, 5) is 12.0. The third-order valence-corrected chi connectivity index (χ3v) is 7.45. The van der Waals surface area contributed by atoms with Crippen molar-refractivity contribution in [2.75, 3.05) is 20.8 Å². The lowest BCUT2D eigenvalue weighted by Gasteiger charge is -2.20. The second kappa shape index (κ2) is 8.55. The molecule has 0 saturated heterocycles. The number of hydrogen-bond donors (Lipinski definition) is 1. The van der Waals surface area contributed by atoms with E-state index in [4.69, 9.17) is 9.47 Å². The van der Waals surface area contributed by atoms with Gasteiger partial charge in [-0.25, -0.2) is 8.42 Å². The molecule has 0 fully saturated rings. The Hall–Kier alpha value is -2.06. The summed E-state index contributed by atoms with van der Waals surface area (Å²) in [5.41, 5.74) is 0.528. The summed E-state index contributed by atoms with van der Waals surface area (Å²) in [7, 11) is -0.664. The minimum atomic E-state index is -3.67. The third-order valence-electron chi connectivity index (χ3n) is 3.92. The van der Waals surface area contributed by atoms with Crippen LogP contribution in [0.1, 0.15) is 24.7 Å². The summed E-state index contributed by atoms with van der Waals surface area (Å²) in [6.07, 6.45) is 0. The molecule has 1 aromatic carbocycles. The van der Waals surface area contributed by atoms with Crippen molar-refractivity contribution in [2.45, 2.75) is 23.3 Å². The van der Waals surface area contributed by atoms with Crippen molar-refractivity contribution in [2.24, 2.45) is 5.92 Å². The van der Waals surface area contributed by atoms with E-state index in [-0.39, 0.29) is 22.6 Å². The Morgan fingerprint density at radius 1 is 1.15 bits per heavy atom. The van der Waals surface area contributed by atoms with Crippen molar-refractivity contribution >= 4 is 27.1 Å². The largest absolute Gasteiger partial charge is 0.493 e. The first kappa shape index (κ1) is 20.3. The van der Waals surface area contributed by atoms with Crippen LogP contribution in [-0.4, -0.2) is 35.1 Å².